The summed E-state index contributed by atoms with van der Waals surface area (Å²) in [6.45, 7) is 6.13. The predicted octanol–water partition coefficient (Wildman–Crippen LogP) is 5.05. The largest absolute Gasteiger partial charge is 0.474 e. The molecule has 28 heavy (non-hydrogen) atoms. The zero-order valence-corrected chi connectivity index (χ0v) is 16.8. The Balaban J connectivity index is 2.10. The van der Waals surface area contributed by atoms with Gasteiger partial charge in [-0.1, -0.05) is 81.4 Å². The summed E-state index contributed by atoms with van der Waals surface area (Å²) in [6.07, 6.45) is 0.628. The van der Waals surface area contributed by atoms with Crippen LogP contribution in [0.4, 0.5) is 0 Å². The van der Waals surface area contributed by atoms with Gasteiger partial charge in [0, 0.05) is 29.5 Å². The van der Waals surface area contributed by atoms with Gasteiger partial charge in [-0.15, -0.1) is 0 Å². The van der Waals surface area contributed by atoms with Crippen LogP contribution in [0.3, 0.4) is 0 Å². The predicted molar refractivity (Wildman–Crippen MR) is 109 cm³/mol. The van der Waals surface area contributed by atoms with Crippen LogP contribution in [0.25, 0.3) is 5.76 Å². The lowest BCUT2D eigenvalue weighted by Gasteiger charge is -2.33. The first-order valence-corrected chi connectivity index (χ1v) is 9.41. The number of rotatable bonds is 5. The van der Waals surface area contributed by atoms with Crippen LogP contribution in [0.2, 0.25) is 0 Å². The Bertz CT molecular complexity index is 891. The van der Waals surface area contributed by atoms with E-state index in [4.69, 9.17) is 9.47 Å². The van der Waals surface area contributed by atoms with Gasteiger partial charge < -0.3 is 9.47 Å². The molecule has 4 heteroatoms. The van der Waals surface area contributed by atoms with Crippen LogP contribution in [0, 0.1) is 5.41 Å². The maximum absolute atomic E-state index is 13.3. The first-order chi connectivity index (χ1) is 13.3. The fraction of sp³-hybridized carbons (Fsp3) is 0.333. The molecule has 2 aromatic carbocycles. The first-order valence-electron chi connectivity index (χ1n) is 9.41. The third-order valence-corrected chi connectivity index (χ3v) is 4.75. The highest BCUT2D eigenvalue weighted by molar-refractivity contribution is 6.14. The minimum absolute atomic E-state index is 0.126. The molecule has 1 aliphatic rings. The van der Waals surface area contributed by atoms with Crippen molar-refractivity contribution in [3.63, 3.8) is 0 Å². The highest BCUT2D eigenvalue weighted by atomic mass is 16.6. The summed E-state index contributed by atoms with van der Waals surface area (Å²) in [5.41, 5.74) is 0.457. The number of esters is 1. The lowest BCUT2D eigenvalue weighted by molar-refractivity contribution is -0.162. The Hall–Kier alpha value is -2.88. The lowest BCUT2D eigenvalue weighted by atomic mass is 9.78. The minimum atomic E-state index is -1.21. The summed E-state index contributed by atoms with van der Waals surface area (Å²) in [5, 5.41) is 0. The second kappa shape index (κ2) is 7.63. The third kappa shape index (κ3) is 4.01. The summed E-state index contributed by atoms with van der Waals surface area (Å²) in [7, 11) is 1.36. The first kappa shape index (κ1) is 19.9. The zero-order chi connectivity index (χ0) is 20.4. The van der Waals surface area contributed by atoms with E-state index in [1.807, 2.05) is 69.3 Å². The summed E-state index contributed by atoms with van der Waals surface area (Å²) >= 11 is 0. The van der Waals surface area contributed by atoms with Gasteiger partial charge in [-0.2, -0.15) is 0 Å². The average Bonchev–Trinajstić information content (AvgIpc) is 3.07. The lowest BCUT2D eigenvalue weighted by Crippen LogP contribution is -2.43. The van der Waals surface area contributed by atoms with E-state index in [1.54, 1.807) is 12.1 Å². The molecule has 0 saturated carbocycles. The highest BCUT2D eigenvalue weighted by Gasteiger charge is 2.52. The fourth-order valence-corrected chi connectivity index (χ4v) is 3.76. The van der Waals surface area contributed by atoms with Crippen LogP contribution >= 0.6 is 0 Å². The van der Waals surface area contributed by atoms with Gasteiger partial charge in [0.1, 0.15) is 5.76 Å². The van der Waals surface area contributed by atoms with Gasteiger partial charge in [0.05, 0.1) is 7.11 Å². The Kier molecular flexibility index (Phi) is 5.41. The van der Waals surface area contributed by atoms with Gasteiger partial charge in [0.2, 0.25) is 5.60 Å². The number of hydrogen-bond acceptors (Lipinski definition) is 4. The van der Waals surface area contributed by atoms with Crippen LogP contribution < -0.4 is 0 Å². The summed E-state index contributed by atoms with van der Waals surface area (Å²) in [5.74, 6) is -0.116. The van der Waals surface area contributed by atoms with E-state index in [0.29, 0.717) is 23.3 Å². The minimum Gasteiger partial charge on any atom is -0.474 e. The zero-order valence-electron chi connectivity index (χ0n) is 16.8. The van der Waals surface area contributed by atoms with Crippen LogP contribution in [0.1, 0.15) is 49.5 Å². The Morgan fingerprint density at radius 2 is 1.57 bits per heavy atom. The highest BCUT2D eigenvalue weighted by Crippen LogP contribution is 2.46. The van der Waals surface area contributed by atoms with Crippen molar-refractivity contribution in [1.82, 2.24) is 0 Å². The van der Waals surface area contributed by atoms with Gasteiger partial charge in [0.25, 0.3) is 0 Å². The van der Waals surface area contributed by atoms with Crippen molar-refractivity contribution in [2.24, 2.45) is 5.41 Å². The molecule has 0 bridgehead atoms. The van der Waals surface area contributed by atoms with Gasteiger partial charge in [-0.25, -0.2) is 4.79 Å². The molecule has 1 atom stereocenters. The van der Waals surface area contributed by atoms with E-state index in [-0.39, 0.29) is 17.6 Å². The van der Waals surface area contributed by atoms with Crippen LogP contribution in [-0.4, -0.2) is 24.5 Å². The van der Waals surface area contributed by atoms with Crippen molar-refractivity contribution in [2.45, 2.75) is 39.2 Å². The molecule has 1 unspecified atom stereocenters. The van der Waals surface area contributed by atoms with Crippen molar-refractivity contribution in [2.75, 3.05) is 7.11 Å². The molecule has 0 radical (unpaired) electrons. The number of carbonyl (C=O) groups is 2. The van der Waals surface area contributed by atoms with Gasteiger partial charge in [-0.3, -0.25) is 4.79 Å². The Labute approximate surface area is 166 Å². The maximum atomic E-state index is 13.3. The molecule has 1 heterocycles. The van der Waals surface area contributed by atoms with E-state index in [1.165, 1.54) is 7.11 Å². The van der Waals surface area contributed by atoms with Gasteiger partial charge in [0.15, 0.2) is 5.78 Å². The van der Waals surface area contributed by atoms with E-state index >= 15 is 0 Å². The SMILES string of the molecule is COC(=O)C1(CC(C)(C)C)CC(C(=O)c2ccccc2)=C(c2ccccc2)O1. The molecule has 0 amide bonds. The Morgan fingerprint density at radius 3 is 2.11 bits per heavy atom. The topological polar surface area (TPSA) is 52.6 Å². The molecule has 3 rings (SSSR count). The quantitative estimate of drug-likeness (QED) is 0.540. The molecule has 0 saturated heterocycles. The molecule has 4 nitrogen and oxygen atoms in total. The van der Waals surface area contributed by atoms with Gasteiger partial charge in [-0.05, 0) is 5.41 Å². The molecule has 1 aliphatic heterocycles. The van der Waals surface area contributed by atoms with E-state index < -0.39 is 11.6 Å². The average molecular weight is 378 g/mol. The summed E-state index contributed by atoms with van der Waals surface area (Å²) in [4.78, 5) is 26.1. The second-order valence-electron chi connectivity index (χ2n) is 8.37. The van der Waals surface area contributed by atoms with Crippen LogP contribution in [0.5, 0.6) is 0 Å². The third-order valence-electron chi connectivity index (χ3n) is 4.75. The molecule has 2 aromatic rings. The molecule has 146 valence electrons. The summed E-state index contributed by atoms with van der Waals surface area (Å²) in [6, 6.07) is 18.5. The number of benzene rings is 2. The molecule has 0 spiro atoms. The number of ether oxygens (including phenoxy) is 2. The van der Waals surface area contributed by atoms with Crippen LogP contribution in [0.15, 0.2) is 66.2 Å². The van der Waals surface area contributed by atoms with Crippen molar-refractivity contribution >= 4 is 17.5 Å². The Morgan fingerprint density at radius 1 is 1.00 bits per heavy atom. The van der Waals surface area contributed by atoms with Crippen molar-refractivity contribution in [3.05, 3.63) is 77.4 Å². The van der Waals surface area contributed by atoms with Crippen molar-refractivity contribution < 1.29 is 19.1 Å². The second-order valence-corrected chi connectivity index (χ2v) is 8.37. The monoisotopic (exact) mass is 378 g/mol. The number of carbonyl (C=O) groups excluding carboxylic acids is 2. The van der Waals surface area contributed by atoms with Crippen molar-refractivity contribution in [1.29, 1.82) is 0 Å². The fourth-order valence-electron chi connectivity index (χ4n) is 3.76. The van der Waals surface area contributed by atoms with Crippen molar-refractivity contribution in [3.8, 4) is 0 Å². The number of Topliss-reactive ketones (excluding diaryl/α,β-unsaturated/α-hetero) is 1. The molecule has 0 aromatic heterocycles. The van der Waals surface area contributed by atoms with Crippen LogP contribution in [-0.2, 0) is 14.3 Å². The van der Waals surface area contributed by atoms with Gasteiger partial charge >= 0.3 is 5.97 Å². The summed E-state index contributed by atoms with van der Waals surface area (Å²) < 4.78 is 11.4. The van der Waals surface area contributed by atoms with E-state index in [2.05, 4.69) is 0 Å². The molecular formula is C24H26O4. The smallest absolute Gasteiger partial charge is 0.350 e. The molecule has 0 aliphatic carbocycles. The number of hydrogen-bond donors (Lipinski definition) is 0. The normalized spacial score (nSPS) is 19.3. The number of methoxy groups -OCH3 is 1. The van der Waals surface area contributed by atoms with E-state index in [9.17, 15) is 9.59 Å². The molecule has 0 N–H and O–H groups in total. The molecular weight excluding hydrogens is 352 g/mol. The maximum Gasteiger partial charge on any atom is 0.350 e. The molecule has 0 fully saturated rings. The standard InChI is InChI=1S/C24H26O4/c1-23(2,3)16-24(22(26)27-4)15-19(20(25)17-11-7-5-8-12-17)21(28-24)18-13-9-6-10-14-18/h5-14H,15-16H2,1-4H3. The van der Waals surface area contributed by atoms with E-state index in [0.717, 1.165) is 5.56 Å². The number of ketones is 1.